The predicted molar refractivity (Wildman–Crippen MR) is 70.8 cm³/mol. The van der Waals surface area contributed by atoms with Gasteiger partial charge in [-0.2, -0.15) is 0 Å². The van der Waals surface area contributed by atoms with Crippen LogP contribution in [0.25, 0.3) is 0 Å². The summed E-state index contributed by atoms with van der Waals surface area (Å²) >= 11 is 0. The minimum Gasteiger partial charge on any atom is -0.467 e. The molecule has 1 fully saturated rings. The molecule has 1 aliphatic heterocycles. The molecular formula is C14H24O6. The highest BCUT2D eigenvalue weighted by Crippen LogP contribution is 2.35. The Morgan fingerprint density at radius 3 is 2.30 bits per heavy atom. The summed E-state index contributed by atoms with van der Waals surface area (Å²) in [7, 11) is 1.31. The van der Waals surface area contributed by atoms with E-state index < -0.39 is 12.3 Å². The van der Waals surface area contributed by atoms with Gasteiger partial charge < -0.3 is 18.9 Å². The van der Waals surface area contributed by atoms with Crippen molar-refractivity contribution in [3.63, 3.8) is 0 Å². The van der Waals surface area contributed by atoms with E-state index >= 15 is 0 Å². The molecule has 0 radical (unpaired) electrons. The molecule has 0 aromatic heterocycles. The first-order valence-corrected chi connectivity index (χ1v) is 6.84. The van der Waals surface area contributed by atoms with Gasteiger partial charge in [-0.3, -0.25) is 4.79 Å². The van der Waals surface area contributed by atoms with E-state index in [1.807, 2.05) is 6.92 Å². The van der Waals surface area contributed by atoms with Gasteiger partial charge in [0, 0.05) is 12.8 Å². The SMILES string of the molecule is COC(=O)COC1OC(COC(C)=O)[C@@H](C)[C@H](C)C1C. The number of carbonyl (C=O) groups is 2. The van der Waals surface area contributed by atoms with Gasteiger partial charge >= 0.3 is 11.9 Å². The molecular weight excluding hydrogens is 264 g/mol. The average molecular weight is 288 g/mol. The molecule has 5 atom stereocenters. The lowest BCUT2D eigenvalue weighted by molar-refractivity contribution is -0.255. The fraction of sp³-hybridized carbons (Fsp3) is 0.857. The Hall–Kier alpha value is -1.14. The van der Waals surface area contributed by atoms with Crippen molar-refractivity contribution in [3.8, 4) is 0 Å². The van der Waals surface area contributed by atoms with Gasteiger partial charge in [0.05, 0.1) is 13.2 Å². The van der Waals surface area contributed by atoms with E-state index in [-0.39, 0.29) is 37.1 Å². The smallest absolute Gasteiger partial charge is 0.331 e. The molecule has 0 N–H and O–H groups in total. The molecule has 1 aliphatic rings. The summed E-state index contributed by atoms with van der Waals surface area (Å²) in [5.74, 6) is -0.0692. The number of methoxy groups -OCH3 is 1. The van der Waals surface area contributed by atoms with Crippen LogP contribution in [0, 0.1) is 17.8 Å². The molecule has 1 saturated heterocycles. The van der Waals surface area contributed by atoms with Crippen molar-refractivity contribution >= 4 is 11.9 Å². The minimum absolute atomic E-state index is 0.142. The second-order valence-corrected chi connectivity index (χ2v) is 5.31. The van der Waals surface area contributed by atoms with E-state index in [0.717, 1.165) is 0 Å². The van der Waals surface area contributed by atoms with Crippen molar-refractivity contribution in [1.82, 2.24) is 0 Å². The Labute approximate surface area is 119 Å². The van der Waals surface area contributed by atoms with Gasteiger partial charge in [0.25, 0.3) is 0 Å². The van der Waals surface area contributed by atoms with E-state index in [9.17, 15) is 9.59 Å². The molecule has 6 heteroatoms. The van der Waals surface area contributed by atoms with Crippen LogP contribution in [0.15, 0.2) is 0 Å². The number of esters is 2. The Morgan fingerprint density at radius 1 is 1.10 bits per heavy atom. The van der Waals surface area contributed by atoms with Crippen LogP contribution in [-0.2, 0) is 28.5 Å². The van der Waals surface area contributed by atoms with Crippen molar-refractivity contribution in [2.75, 3.05) is 20.3 Å². The van der Waals surface area contributed by atoms with Crippen molar-refractivity contribution in [2.45, 2.75) is 40.1 Å². The monoisotopic (exact) mass is 288 g/mol. The highest BCUT2D eigenvalue weighted by Gasteiger charge is 2.40. The highest BCUT2D eigenvalue weighted by molar-refractivity contribution is 5.70. The molecule has 116 valence electrons. The number of hydrogen-bond donors (Lipinski definition) is 0. The zero-order chi connectivity index (χ0) is 15.3. The van der Waals surface area contributed by atoms with E-state index in [0.29, 0.717) is 5.92 Å². The second-order valence-electron chi connectivity index (χ2n) is 5.31. The lowest BCUT2D eigenvalue weighted by Gasteiger charge is -2.42. The Balaban J connectivity index is 2.60. The van der Waals surface area contributed by atoms with Gasteiger partial charge in [-0.25, -0.2) is 4.79 Å². The first kappa shape index (κ1) is 16.9. The molecule has 0 bridgehead atoms. The molecule has 1 rings (SSSR count). The van der Waals surface area contributed by atoms with Crippen LogP contribution in [0.1, 0.15) is 27.7 Å². The highest BCUT2D eigenvalue weighted by atomic mass is 16.7. The van der Waals surface area contributed by atoms with Crippen LogP contribution in [0.4, 0.5) is 0 Å². The third kappa shape index (κ3) is 4.45. The van der Waals surface area contributed by atoms with Crippen molar-refractivity contribution in [1.29, 1.82) is 0 Å². The summed E-state index contributed by atoms with van der Waals surface area (Å²) < 4.78 is 20.8. The number of carbonyl (C=O) groups excluding carboxylic acids is 2. The molecule has 0 saturated carbocycles. The fourth-order valence-electron chi connectivity index (χ4n) is 2.28. The number of ether oxygens (including phenoxy) is 4. The summed E-state index contributed by atoms with van der Waals surface area (Å²) in [5, 5.41) is 0. The molecule has 0 aromatic rings. The van der Waals surface area contributed by atoms with Crippen LogP contribution in [0.2, 0.25) is 0 Å². The molecule has 20 heavy (non-hydrogen) atoms. The molecule has 1 heterocycles. The van der Waals surface area contributed by atoms with Crippen LogP contribution in [0.3, 0.4) is 0 Å². The van der Waals surface area contributed by atoms with Gasteiger partial charge in [-0.1, -0.05) is 20.8 Å². The van der Waals surface area contributed by atoms with Crippen molar-refractivity contribution < 1.29 is 28.5 Å². The van der Waals surface area contributed by atoms with E-state index in [2.05, 4.69) is 18.6 Å². The van der Waals surface area contributed by atoms with Crippen molar-refractivity contribution in [3.05, 3.63) is 0 Å². The maximum Gasteiger partial charge on any atom is 0.331 e. The standard InChI is InChI=1S/C14H24O6/c1-8-9(2)12(6-18-11(4)15)20-14(10(8)3)19-7-13(16)17-5/h8-10,12,14H,6-7H2,1-5H3/t8-,9-,10?,12?,14?/m0/s1. The maximum atomic E-state index is 11.1. The summed E-state index contributed by atoms with van der Waals surface area (Å²) in [6.07, 6.45) is -0.728. The molecule has 6 nitrogen and oxygen atoms in total. The van der Waals surface area contributed by atoms with Gasteiger partial charge in [0.1, 0.15) is 13.2 Å². The average Bonchev–Trinajstić information content (AvgIpc) is 2.42. The lowest BCUT2D eigenvalue weighted by atomic mass is 9.79. The Morgan fingerprint density at radius 2 is 1.75 bits per heavy atom. The van der Waals surface area contributed by atoms with Gasteiger partial charge in [0.2, 0.25) is 0 Å². The zero-order valence-corrected chi connectivity index (χ0v) is 12.8. The van der Waals surface area contributed by atoms with Gasteiger partial charge in [0.15, 0.2) is 6.29 Å². The van der Waals surface area contributed by atoms with Crippen LogP contribution < -0.4 is 0 Å². The van der Waals surface area contributed by atoms with E-state index in [1.54, 1.807) is 0 Å². The van der Waals surface area contributed by atoms with E-state index in [4.69, 9.17) is 14.2 Å². The molecule has 0 aromatic carbocycles. The lowest BCUT2D eigenvalue weighted by Crippen LogP contribution is -2.48. The predicted octanol–water partition coefficient (Wildman–Crippen LogP) is 1.37. The quantitative estimate of drug-likeness (QED) is 0.712. The second kappa shape index (κ2) is 7.59. The molecule has 3 unspecified atom stereocenters. The summed E-state index contributed by atoms with van der Waals surface area (Å²) in [6.45, 7) is 7.60. The Bertz CT molecular complexity index is 343. The maximum absolute atomic E-state index is 11.1. The fourth-order valence-corrected chi connectivity index (χ4v) is 2.28. The summed E-state index contributed by atoms with van der Waals surface area (Å²) in [6, 6.07) is 0. The first-order chi connectivity index (χ1) is 9.36. The Kier molecular flexibility index (Phi) is 6.42. The summed E-state index contributed by atoms with van der Waals surface area (Å²) in [4.78, 5) is 22.0. The summed E-state index contributed by atoms with van der Waals surface area (Å²) in [5.41, 5.74) is 0. The topological polar surface area (TPSA) is 71.1 Å². The minimum atomic E-state index is -0.499. The molecule has 0 spiro atoms. The number of rotatable bonds is 5. The van der Waals surface area contributed by atoms with Crippen LogP contribution in [0.5, 0.6) is 0 Å². The number of hydrogen-bond acceptors (Lipinski definition) is 6. The van der Waals surface area contributed by atoms with Crippen molar-refractivity contribution in [2.24, 2.45) is 17.8 Å². The normalized spacial score (nSPS) is 33.5. The largest absolute Gasteiger partial charge is 0.467 e. The first-order valence-electron chi connectivity index (χ1n) is 6.84. The van der Waals surface area contributed by atoms with Crippen LogP contribution in [-0.4, -0.2) is 44.7 Å². The zero-order valence-electron chi connectivity index (χ0n) is 12.8. The van der Waals surface area contributed by atoms with Gasteiger partial charge in [-0.15, -0.1) is 0 Å². The molecule has 0 amide bonds. The van der Waals surface area contributed by atoms with Crippen LogP contribution >= 0.6 is 0 Å². The van der Waals surface area contributed by atoms with Gasteiger partial charge in [-0.05, 0) is 11.8 Å². The third-order valence-corrected chi connectivity index (χ3v) is 4.03. The molecule has 0 aliphatic carbocycles. The van der Waals surface area contributed by atoms with E-state index in [1.165, 1.54) is 14.0 Å². The third-order valence-electron chi connectivity index (χ3n) is 4.03.